The second-order valence-electron chi connectivity index (χ2n) is 7.32. The van der Waals surface area contributed by atoms with Crippen LogP contribution in [0.2, 0.25) is 0 Å². The molecule has 0 bridgehead atoms. The summed E-state index contributed by atoms with van der Waals surface area (Å²) in [5.41, 5.74) is 1.67. The van der Waals surface area contributed by atoms with Gasteiger partial charge < -0.3 is 4.57 Å². The Labute approximate surface area is 175 Å². The Hall–Kier alpha value is -2.49. The van der Waals surface area contributed by atoms with Gasteiger partial charge in [-0.1, -0.05) is 6.07 Å². The molecule has 1 aliphatic heterocycles. The molecule has 0 fully saturated rings. The summed E-state index contributed by atoms with van der Waals surface area (Å²) in [6.45, 7) is 2.43. The van der Waals surface area contributed by atoms with E-state index in [1.54, 1.807) is 24.7 Å². The van der Waals surface area contributed by atoms with Crippen LogP contribution in [-0.4, -0.2) is 36.7 Å². The first-order valence-corrected chi connectivity index (χ1v) is 11.3. The molecule has 0 N–H and O–H groups in total. The quantitative estimate of drug-likeness (QED) is 0.501. The molecule has 0 spiro atoms. The van der Waals surface area contributed by atoms with Crippen molar-refractivity contribution in [1.82, 2.24) is 23.6 Å². The maximum absolute atomic E-state index is 12.7. The Morgan fingerprint density at radius 3 is 2.76 bits per heavy atom. The van der Waals surface area contributed by atoms with E-state index >= 15 is 0 Å². The molecule has 1 unspecified atom stereocenters. The van der Waals surface area contributed by atoms with Crippen LogP contribution in [0, 0.1) is 0 Å². The summed E-state index contributed by atoms with van der Waals surface area (Å²) in [4.78, 5) is 34.5. The number of nitrogens with zero attached hydrogens (tertiary/aromatic N) is 5. The van der Waals surface area contributed by atoms with Crippen molar-refractivity contribution in [1.29, 1.82) is 0 Å². The molecule has 0 amide bonds. The fourth-order valence-corrected chi connectivity index (χ4v) is 5.97. The molecule has 150 valence electrons. The molecule has 29 heavy (non-hydrogen) atoms. The highest BCUT2D eigenvalue weighted by molar-refractivity contribution is 7.10. The van der Waals surface area contributed by atoms with E-state index in [4.69, 9.17) is 0 Å². The lowest BCUT2D eigenvalue weighted by molar-refractivity contribution is 0.210. The first-order chi connectivity index (χ1) is 14.1. The molecule has 0 aromatic carbocycles. The predicted octanol–water partition coefficient (Wildman–Crippen LogP) is 2.20. The van der Waals surface area contributed by atoms with Crippen molar-refractivity contribution in [2.75, 3.05) is 13.1 Å². The van der Waals surface area contributed by atoms with Crippen LogP contribution in [0.15, 0.2) is 44.9 Å². The Morgan fingerprint density at radius 2 is 1.97 bits per heavy atom. The van der Waals surface area contributed by atoms with Crippen molar-refractivity contribution in [2.24, 2.45) is 14.1 Å². The number of aryl methyl sites for hydroxylation is 1. The molecule has 1 atom stereocenters. The van der Waals surface area contributed by atoms with E-state index in [1.165, 1.54) is 26.9 Å². The van der Waals surface area contributed by atoms with E-state index < -0.39 is 0 Å². The molecule has 0 radical (unpaired) electrons. The Balaban J connectivity index is 1.49. The molecule has 4 aromatic rings. The average molecular weight is 428 g/mol. The van der Waals surface area contributed by atoms with E-state index in [9.17, 15) is 9.59 Å². The van der Waals surface area contributed by atoms with Gasteiger partial charge in [-0.25, -0.2) is 9.78 Å². The fraction of sp³-hybridized carbons (Fsp3) is 0.350. The zero-order chi connectivity index (χ0) is 20.1. The lowest BCUT2D eigenvalue weighted by Gasteiger charge is -2.35. The average Bonchev–Trinajstić information content (AvgIpc) is 3.48. The second kappa shape index (κ2) is 7.08. The molecule has 0 saturated heterocycles. The summed E-state index contributed by atoms with van der Waals surface area (Å²) in [5, 5.41) is 4.31. The van der Waals surface area contributed by atoms with Gasteiger partial charge in [-0.2, -0.15) is 0 Å². The molecule has 1 aliphatic rings. The van der Waals surface area contributed by atoms with Crippen LogP contribution in [0.5, 0.6) is 0 Å². The van der Waals surface area contributed by atoms with Crippen molar-refractivity contribution in [2.45, 2.75) is 19.0 Å². The van der Waals surface area contributed by atoms with Crippen molar-refractivity contribution in [3.8, 4) is 0 Å². The summed E-state index contributed by atoms with van der Waals surface area (Å²) >= 11 is 3.63. The summed E-state index contributed by atoms with van der Waals surface area (Å²) in [7, 11) is 3.16. The molecular weight excluding hydrogens is 406 g/mol. The first kappa shape index (κ1) is 18.5. The second-order valence-corrected chi connectivity index (χ2v) is 9.30. The molecule has 0 aliphatic carbocycles. The van der Waals surface area contributed by atoms with E-state index in [0.717, 1.165) is 24.1 Å². The third kappa shape index (κ3) is 2.92. The van der Waals surface area contributed by atoms with E-state index in [-0.39, 0.29) is 17.3 Å². The Morgan fingerprint density at radius 1 is 1.10 bits per heavy atom. The lowest BCUT2D eigenvalue weighted by atomic mass is 9.98. The summed E-state index contributed by atoms with van der Waals surface area (Å²) in [5.74, 6) is 0. The Bertz CT molecular complexity index is 1290. The van der Waals surface area contributed by atoms with Gasteiger partial charge in [-0.15, -0.1) is 22.7 Å². The van der Waals surface area contributed by atoms with Crippen molar-refractivity contribution in [3.05, 3.63) is 71.4 Å². The molecule has 5 heterocycles. The van der Waals surface area contributed by atoms with Gasteiger partial charge in [0.1, 0.15) is 0 Å². The van der Waals surface area contributed by atoms with Crippen LogP contribution in [0.25, 0.3) is 11.2 Å². The van der Waals surface area contributed by atoms with Crippen molar-refractivity contribution >= 4 is 33.8 Å². The fourth-order valence-electron chi connectivity index (χ4n) is 4.19. The monoisotopic (exact) mass is 427 g/mol. The number of imidazole rings is 1. The number of aromatic nitrogens is 4. The van der Waals surface area contributed by atoms with E-state index in [1.807, 2.05) is 15.9 Å². The van der Waals surface area contributed by atoms with Crippen molar-refractivity contribution < 1.29 is 0 Å². The summed E-state index contributed by atoms with van der Waals surface area (Å²) in [6.07, 6.45) is 2.72. The third-order valence-electron chi connectivity index (χ3n) is 5.72. The predicted molar refractivity (Wildman–Crippen MR) is 116 cm³/mol. The minimum absolute atomic E-state index is 0.256. The highest BCUT2D eigenvalue weighted by Crippen LogP contribution is 2.39. The molecule has 0 saturated carbocycles. The Kier molecular flexibility index (Phi) is 4.53. The molecule has 5 rings (SSSR count). The number of rotatable bonds is 4. The minimum Gasteiger partial charge on any atom is -0.323 e. The maximum Gasteiger partial charge on any atom is 0.332 e. The lowest BCUT2D eigenvalue weighted by Crippen LogP contribution is -2.39. The SMILES string of the molecule is Cn1c(=O)c2c(ncn2CCN2CCc3sccc3C2c2cccs2)n(C)c1=O. The number of fused-ring (bicyclic) bond motifs is 2. The molecule has 9 heteroatoms. The van der Waals surface area contributed by atoms with Crippen LogP contribution in [0.4, 0.5) is 0 Å². The highest BCUT2D eigenvalue weighted by atomic mass is 32.1. The minimum atomic E-state index is -0.355. The van der Waals surface area contributed by atoms with Crippen LogP contribution in [0.3, 0.4) is 0 Å². The zero-order valence-corrected chi connectivity index (χ0v) is 17.9. The summed E-state index contributed by atoms with van der Waals surface area (Å²) in [6, 6.07) is 6.81. The van der Waals surface area contributed by atoms with Gasteiger partial charge in [0.05, 0.1) is 12.4 Å². The molecule has 4 aromatic heterocycles. The molecular formula is C20H21N5O2S2. The smallest absolute Gasteiger partial charge is 0.323 e. The largest absolute Gasteiger partial charge is 0.332 e. The van der Waals surface area contributed by atoms with Gasteiger partial charge in [0.25, 0.3) is 5.56 Å². The van der Waals surface area contributed by atoms with E-state index in [0.29, 0.717) is 17.7 Å². The molecule has 7 nitrogen and oxygen atoms in total. The van der Waals surface area contributed by atoms with Crippen molar-refractivity contribution in [3.63, 3.8) is 0 Å². The van der Waals surface area contributed by atoms with Gasteiger partial charge >= 0.3 is 5.69 Å². The van der Waals surface area contributed by atoms with Gasteiger partial charge in [0.15, 0.2) is 11.2 Å². The van der Waals surface area contributed by atoms with Crippen LogP contribution in [-0.2, 0) is 27.1 Å². The standard InChI is InChI=1S/C20H21N5O2S2/c1-22-18-17(19(26)23(2)20(22)27)25(12-21-18)9-8-24-7-5-14-13(6-11-29-14)16(24)15-4-3-10-28-15/h3-4,6,10-12,16H,5,7-9H2,1-2H3. The normalized spacial score (nSPS) is 17.1. The maximum atomic E-state index is 12.7. The highest BCUT2D eigenvalue weighted by Gasteiger charge is 2.30. The van der Waals surface area contributed by atoms with Crippen LogP contribution in [0.1, 0.15) is 21.4 Å². The van der Waals surface area contributed by atoms with Gasteiger partial charge in [0, 0.05) is 43.5 Å². The number of hydrogen-bond donors (Lipinski definition) is 0. The van der Waals surface area contributed by atoms with Gasteiger partial charge in [-0.3, -0.25) is 18.8 Å². The first-order valence-electron chi connectivity index (χ1n) is 9.51. The van der Waals surface area contributed by atoms with Gasteiger partial charge in [0.2, 0.25) is 0 Å². The van der Waals surface area contributed by atoms with Gasteiger partial charge in [-0.05, 0) is 34.9 Å². The van der Waals surface area contributed by atoms with E-state index in [2.05, 4.69) is 38.8 Å². The van der Waals surface area contributed by atoms with Crippen LogP contribution >= 0.6 is 22.7 Å². The zero-order valence-electron chi connectivity index (χ0n) is 16.2. The summed E-state index contributed by atoms with van der Waals surface area (Å²) < 4.78 is 4.46. The van der Waals surface area contributed by atoms with Crippen LogP contribution < -0.4 is 11.2 Å². The topological polar surface area (TPSA) is 65.1 Å². The number of thiophene rings is 2. The third-order valence-corrected chi connectivity index (χ3v) is 7.64. The number of hydrogen-bond acceptors (Lipinski definition) is 6.